The Morgan fingerprint density at radius 2 is 1.80 bits per heavy atom. The van der Waals surface area contributed by atoms with Crippen LogP contribution < -0.4 is 27.8 Å². The van der Waals surface area contributed by atoms with Crippen LogP contribution in [-0.2, 0) is 17.6 Å². The second-order valence-corrected chi connectivity index (χ2v) is 11.2. The van der Waals surface area contributed by atoms with Crippen LogP contribution in [0.3, 0.4) is 0 Å². The first-order chi connectivity index (χ1) is 19.3. The van der Waals surface area contributed by atoms with E-state index in [1.165, 1.54) is 15.7 Å². The van der Waals surface area contributed by atoms with Crippen molar-refractivity contribution in [2.75, 3.05) is 38.1 Å². The fraction of sp³-hybridized carbons (Fsp3) is 0.571. The summed E-state index contributed by atoms with van der Waals surface area (Å²) in [7, 11) is 0. The molecule has 2 aliphatic carbocycles. The topological polar surface area (TPSA) is 172 Å². The molecule has 1 saturated carbocycles. The van der Waals surface area contributed by atoms with Crippen LogP contribution in [0.25, 0.3) is 5.69 Å². The average Bonchev–Trinajstić information content (AvgIpc) is 3.37. The van der Waals surface area contributed by atoms with Gasteiger partial charge in [0.2, 0.25) is 5.91 Å². The molecule has 1 aromatic carbocycles. The number of aliphatic hydroxyl groups is 1. The first-order valence-electron chi connectivity index (χ1n) is 14.2. The van der Waals surface area contributed by atoms with Gasteiger partial charge >= 0.3 is 11.7 Å². The van der Waals surface area contributed by atoms with Crippen LogP contribution in [0.2, 0.25) is 0 Å². The van der Waals surface area contributed by atoms with Gasteiger partial charge in [-0.25, -0.2) is 9.59 Å². The van der Waals surface area contributed by atoms with Gasteiger partial charge in [-0.1, -0.05) is 6.07 Å². The lowest BCUT2D eigenvalue weighted by atomic mass is 9.87. The number of carbonyl (C=O) groups is 2. The average molecular weight is 589 g/mol. The number of anilines is 1. The highest BCUT2D eigenvalue weighted by molar-refractivity contribution is 5.88. The Labute approximate surface area is 245 Å². The Bertz CT molecular complexity index is 1280. The second kappa shape index (κ2) is 13.8. The van der Waals surface area contributed by atoms with Crippen LogP contribution in [0.15, 0.2) is 35.3 Å². The van der Waals surface area contributed by atoms with Gasteiger partial charge in [-0.2, -0.15) is 4.98 Å². The number of nitrogens with one attached hydrogen (secondary N) is 2. The number of nitrogens with zero attached hydrogens (tertiary/aromatic N) is 4. The second-order valence-electron chi connectivity index (χ2n) is 11.2. The molecule has 2 fully saturated rings. The maximum Gasteiger partial charge on any atom is 0.354 e. The summed E-state index contributed by atoms with van der Waals surface area (Å²) in [6.45, 7) is 1.21. The van der Waals surface area contributed by atoms with E-state index in [2.05, 4.69) is 27.8 Å². The van der Waals surface area contributed by atoms with Gasteiger partial charge in [0.05, 0.1) is 12.3 Å². The Hall–Kier alpha value is -3.03. The number of aromatic nitrogens is 2. The van der Waals surface area contributed by atoms with Gasteiger partial charge in [-0.15, -0.1) is 12.4 Å². The van der Waals surface area contributed by atoms with Gasteiger partial charge in [0, 0.05) is 63.0 Å². The number of hydrogen-bond donors (Lipinski definition) is 5. The molecular weight excluding hydrogens is 548 g/mol. The largest absolute Gasteiger partial charge is 0.395 e. The zero-order chi connectivity index (χ0) is 28.2. The van der Waals surface area contributed by atoms with E-state index in [1.807, 2.05) is 6.07 Å². The molecule has 12 nitrogen and oxygen atoms in total. The molecule has 2 heterocycles. The molecule has 0 radical (unpaired) electrons. The lowest BCUT2D eigenvalue weighted by Crippen LogP contribution is -2.52. The van der Waals surface area contributed by atoms with E-state index in [1.54, 1.807) is 22.1 Å². The minimum atomic E-state index is -0.584. The van der Waals surface area contributed by atoms with Crippen molar-refractivity contribution in [2.24, 2.45) is 11.5 Å². The summed E-state index contributed by atoms with van der Waals surface area (Å²) in [4.78, 5) is 45.2. The number of aryl methyl sites for hydroxylation is 1. The highest BCUT2D eigenvalue weighted by Crippen LogP contribution is 2.26. The maximum absolute atomic E-state index is 12.9. The third-order valence-electron chi connectivity index (χ3n) is 8.27. The molecule has 2 aromatic rings. The molecule has 1 unspecified atom stereocenters. The van der Waals surface area contributed by atoms with Crippen molar-refractivity contribution >= 4 is 30.2 Å². The normalized spacial score (nSPS) is 23.0. The summed E-state index contributed by atoms with van der Waals surface area (Å²) in [5.41, 5.74) is 14.6. The van der Waals surface area contributed by atoms with Crippen LogP contribution in [0, 0.1) is 0 Å². The van der Waals surface area contributed by atoms with Crippen molar-refractivity contribution < 1.29 is 14.7 Å². The van der Waals surface area contributed by atoms with Crippen LogP contribution in [0.1, 0.15) is 43.2 Å². The maximum atomic E-state index is 12.9. The highest BCUT2D eigenvalue weighted by atomic mass is 35.5. The first kappa shape index (κ1) is 30.9. The molecule has 0 bridgehead atoms. The molecule has 3 aliphatic rings. The van der Waals surface area contributed by atoms with Crippen LogP contribution in [-0.4, -0.2) is 93.3 Å². The number of urea groups is 1. The Kier molecular flexibility index (Phi) is 10.4. The summed E-state index contributed by atoms with van der Waals surface area (Å²) in [6.07, 6.45) is 7.96. The first-order valence-corrected chi connectivity index (χ1v) is 14.2. The van der Waals surface area contributed by atoms with Crippen molar-refractivity contribution in [3.05, 3.63) is 52.1 Å². The summed E-state index contributed by atoms with van der Waals surface area (Å²) < 4.78 is 1.49. The van der Waals surface area contributed by atoms with Crippen molar-refractivity contribution in [3.8, 4) is 5.69 Å². The molecule has 1 aliphatic heterocycles. The summed E-state index contributed by atoms with van der Waals surface area (Å²) in [6, 6.07) is 8.05. The Morgan fingerprint density at radius 1 is 1.05 bits per heavy atom. The van der Waals surface area contributed by atoms with Crippen LogP contribution in [0.4, 0.5) is 10.6 Å². The van der Waals surface area contributed by atoms with E-state index < -0.39 is 11.7 Å². The number of piperazine rings is 1. The molecule has 13 heteroatoms. The fourth-order valence-corrected chi connectivity index (χ4v) is 5.97. The number of halogens is 1. The van der Waals surface area contributed by atoms with Gasteiger partial charge in [-0.3, -0.25) is 14.7 Å². The monoisotopic (exact) mass is 588 g/mol. The molecule has 4 atom stereocenters. The van der Waals surface area contributed by atoms with Crippen molar-refractivity contribution in [2.45, 2.75) is 69.1 Å². The standard InChI is InChI=1S/C28H40N8O4.ClH/c29-20-3-5-23(15-20)31-22-4-1-19-14-24(6-2-18(19)13-22)36-8-7-25(33-28(36)40)32-27(39)35-11-9-34(10-12-35)26(38)16-21(30)17-37;/h2,6-8,14,20-23,31,37H,1,3-5,9-13,15-17,29-30H2,(H,32,33,39,40);1H/t20-,21-,22?,23-;/m0./s1. The summed E-state index contributed by atoms with van der Waals surface area (Å²) in [5, 5.41) is 15.5. The summed E-state index contributed by atoms with van der Waals surface area (Å²) >= 11 is 0. The number of rotatable bonds is 7. The van der Waals surface area contributed by atoms with Gasteiger partial charge in [0.25, 0.3) is 0 Å². The third kappa shape index (κ3) is 7.63. The number of aliphatic hydroxyl groups excluding tert-OH is 1. The number of nitrogens with two attached hydrogens (primary N) is 2. The molecule has 3 amide bonds. The van der Waals surface area contributed by atoms with E-state index in [-0.39, 0.29) is 43.2 Å². The zero-order valence-corrected chi connectivity index (χ0v) is 24.0. The third-order valence-corrected chi connectivity index (χ3v) is 8.27. The number of amides is 3. The van der Waals surface area contributed by atoms with E-state index >= 15 is 0 Å². The van der Waals surface area contributed by atoms with Crippen molar-refractivity contribution in [3.63, 3.8) is 0 Å². The number of fused-ring (bicyclic) bond motifs is 1. The molecule has 0 spiro atoms. The van der Waals surface area contributed by atoms with E-state index in [4.69, 9.17) is 16.6 Å². The smallest absolute Gasteiger partial charge is 0.354 e. The SMILES string of the molecule is Cl.N[C@H](CO)CC(=O)N1CCN(C(=O)Nc2ccn(-c3ccc4c(c3)CCC(N[C@H]3CC[C@H](N)C3)C4)c(=O)n2)CC1. The lowest BCUT2D eigenvalue weighted by Gasteiger charge is -2.35. The summed E-state index contributed by atoms with van der Waals surface area (Å²) in [5.74, 6) is 0.0389. The van der Waals surface area contributed by atoms with Gasteiger partial charge in [0.1, 0.15) is 5.82 Å². The van der Waals surface area contributed by atoms with E-state index in [0.717, 1.165) is 44.2 Å². The van der Waals surface area contributed by atoms with Gasteiger partial charge in [-0.05, 0) is 67.9 Å². The minimum absolute atomic E-state index is 0. The number of carbonyl (C=O) groups excluding carboxylic acids is 2. The molecule has 1 saturated heterocycles. The quantitative estimate of drug-likeness (QED) is 0.308. The molecule has 5 rings (SSSR count). The minimum Gasteiger partial charge on any atom is -0.395 e. The van der Waals surface area contributed by atoms with Crippen molar-refractivity contribution in [1.82, 2.24) is 24.7 Å². The predicted octanol–water partition coefficient (Wildman–Crippen LogP) is 0.367. The lowest BCUT2D eigenvalue weighted by molar-refractivity contribution is -0.133. The molecule has 41 heavy (non-hydrogen) atoms. The zero-order valence-electron chi connectivity index (χ0n) is 23.2. The van der Waals surface area contributed by atoms with E-state index in [0.29, 0.717) is 44.3 Å². The molecule has 224 valence electrons. The number of hydrogen-bond acceptors (Lipinski definition) is 8. The molecular formula is C28H41ClN8O4. The highest BCUT2D eigenvalue weighted by Gasteiger charge is 2.27. The Morgan fingerprint density at radius 3 is 2.49 bits per heavy atom. The van der Waals surface area contributed by atoms with Crippen molar-refractivity contribution in [1.29, 1.82) is 0 Å². The fourth-order valence-electron chi connectivity index (χ4n) is 5.97. The number of benzene rings is 1. The molecule has 7 N–H and O–H groups in total. The van der Waals surface area contributed by atoms with Gasteiger partial charge < -0.3 is 31.7 Å². The predicted molar refractivity (Wildman–Crippen MR) is 158 cm³/mol. The van der Waals surface area contributed by atoms with E-state index in [9.17, 15) is 14.4 Å². The van der Waals surface area contributed by atoms with Crippen LogP contribution >= 0.6 is 12.4 Å². The molecule has 1 aromatic heterocycles. The van der Waals surface area contributed by atoms with Crippen LogP contribution in [0.5, 0.6) is 0 Å². The van der Waals surface area contributed by atoms with Gasteiger partial charge in [0.15, 0.2) is 0 Å². The Balaban J connectivity index is 0.00000387.